The molecular weight excluding hydrogens is 219 g/mol. The first-order valence-electron chi connectivity index (χ1n) is 5.27. The molecule has 0 spiro atoms. The molecule has 1 aliphatic rings. The number of aliphatic hydroxyl groups excluding tert-OH is 1. The molecule has 0 aromatic heterocycles. The highest BCUT2D eigenvalue weighted by Gasteiger charge is 2.30. The molecule has 1 aliphatic carbocycles. The van der Waals surface area contributed by atoms with Crippen LogP contribution in [-0.4, -0.2) is 28.3 Å². The lowest BCUT2D eigenvalue weighted by molar-refractivity contribution is 0.0336. The molecule has 1 unspecified atom stereocenters. The van der Waals surface area contributed by atoms with Crippen LogP contribution in [0, 0.1) is 0 Å². The molecular formula is C9H19O5P. The Labute approximate surface area is 90.0 Å². The summed E-state index contributed by atoms with van der Waals surface area (Å²) in [5, 5.41) is 9.25. The van der Waals surface area contributed by atoms with Crippen LogP contribution in [0.3, 0.4) is 0 Å². The van der Waals surface area contributed by atoms with Gasteiger partial charge in [-0.3, -0.25) is 9.05 Å². The van der Waals surface area contributed by atoms with Gasteiger partial charge in [-0.1, -0.05) is 0 Å². The number of hydrogen-bond donors (Lipinski definition) is 2. The molecule has 15 heavy (non-hydrogen) atoms. The van der Waals surface area contributed by atoms with Crippen LogP contribution in [0.2, 0.25) is 0 Å². The predicted molar refractivity (Wildman–Crippen MR) is 55.4 cm³/mol. The Morgan fingerprint density at radius 1 is 1.27 bits per heavy atom. The summed E-state index contributed by atoms with van der Waals surface area (Å²) >= 11 is 0. The second-order valence-corrected chi connectivity index (χ2v) is 5.52. The van der Waals surface area contributed by atoms with Gasteiger partial charge in [-0.2, -0.15) is 0 Å². The summed E-state index contributed by atoms with van der Waals surface area (Å²) in [4.78, 5) is 9.35. The van der Waals surface area contributed by atoms with E-state index < -0.39 is 7.82 Å². The Kier molecular flexibility index (Phi) is 4.74. The van der Waals surface area contributed by atoms with Crippen LogP contribution < -0.4 is 0 Å². The molecule has 0 radical (unpaired) electrons. The minimum Gasteiger partial charge on any atom is -0.393 e. The third-order valence-electron chi connectivity index (χ3n) is 2.27. The lowest BCUT2D eigenvalue weighted by Gasteiger charge is -2.27. The molecule has 0 heterocycles. The minimum atomic E-state index is -3.92. The zero-order valence-electron chi connectivity index (χ0n) is 9.13. The van der Waals surface area contributed by atoms with Gasteiger partial charge in [0, 0.05) is 0 Å². The molecule has 1 rings (SSSR count). The molecule has 1 atom stereocenters. The van der Waals surface area contributed by atoms with E-state index in [9.17, 15) is 14.6 Å². The Balaban J connectivity index is 2.37. The number of phosphoric ester groups is 1. The molecule has 1 fully saturated rings. The zero-order chi connectivity index (χ0) is 11.5. The maximum atomic E-state index is 11.4. The van der Waals surface area contributed by atoms with Crippen LogP contribution in [0.5, 0.6) is 0 Å². The van der Waals surface area contributed by atoms with Crippen molar-refractivity contribution in [3.05, 3.63) is 0 Å². The van der Waals surface area contributed by atoms with Gasteiger partial charge in [-0.05, 0) is 39.5 Å². The van der Waals surface area contributed by atoms with E-state index in [1.54, 1.807) is 13.8 Å². The van der Waals surface area contributed by atoms with Crippen molar-refractivity contribution >= 4 is 7.82 Å². The Morgan fingerprint density at radius 3 is 2.27 bits per heavy atom. The van der Waals surface area contributed by atoms with Crippen molar-refractivity contribution in [1.82, 2.24) is 0 Å². The average molecular weight is 238 g/mol. The van der Waals surface area contributed by atoms with E-state index in [0.717, 1.165) is 0 Å². The summed E-state index contributed by atoms with van der Waals surface area (Å²) in [7, 11) is -3.92. The van der Waals surface area contributed by atoms with Crippen molar-refractivity contribution in [3.63, 3.8) is 0 Å². The molecule has 2 N–H and O–H groups in total. The number of hydrogen-bond acceptors (Lipinski definition) is 4. The van der Waals surface area contributed by atoms with Gasteiger partial charge in [-0.15, -0.1) is 0 Å². The normalized spacial score (nSPS) is 31.5. The van der Waals surface area contributed by atoms with Crippen LogP contribution in [0.1, 0.15) is 39.5 Å². The van der Waals surface area contributed by atoms with Crippen LogP contribution in [0.4, 0.5) is 0 Å². The fourth-order valence-corrected chi connectivity index (χ4v) is 2.80. The van der Waals surface area contributed by atoms with Crippen molar-refractivity contribution < 1.29 is 23.6 Å². The molecule has 1 saturated carbocycles. The van der Waals surface area contributed by atoms with Crippen molar-refractivity contribution in [3.8, 4) is 0 Å². The maximum Gasteiger partial charge on any atom is 0.472 e. The molecule has 5 nitrogen and oxygen atoms in total. The Bertz CT molecular complexity index is 235. The van der Waals surface area contributed by atoms with Gasteiger partial charge < -0.3 is 10.00 Å². The predicted octanol–water partition coefficient (Wildman–Crippen LogP) is 1.83. The summed E-state index contributed by atoms with van der Waals surface area (Å²) in [5.41, 5.74) is 0. The van der Waals surface area contributed by atoms with Gasteiger partial charge in [0.15, 0.2) is 0 Å². The average Bonchev–Trinajstić information content (AvgIpc) is 2.06. The van der Waals surface area contributed by atoms with Crippen molar-refractivity contribution in [2.24, 2.45) is 0 Å². The van der Waals surface area contributed by atoms with E-state index in [-0.39, 0.29) is 18.3 Å². The summed E-state index contributed by atoms with van der Waals surface area (Å²) in [5.74, 6) is 0. The summed E-state index contributed by atoms with van der Waals surface area (Å²) in [6.45, 7) is 3.35. The topological polar surface area (TPSA) is 76.0 Å². The first-order chi connectivity index (χ1) is 6.89. The van der Waals surface area contributed by atoms with E-state index in [4.69, 9.17) is 9.05 Å². The van der Waals surface area contributed by atoms with Crippen molar-refractivity contribution in [1.29, 1.82) is 0 Å². The SMILES string of the molecule is CC(C)OP(=O)(O)OC1CCC(O)CC1. The quantitative estimate of drug-likeness (QED) is 0.731. The maximum absolute atomic E-state index is 11.4. The molecule has 0 aliphatic heterocycles. The van der Waals surface area contributed by atoms with Gasteiger partial charge in [-0.25, -0.2) is 4.57 Å². The molecule has 90 valence electrons. The molecule has 0 aromatic carbocycles. The molecule has 0 saturated heterocycles. The first-order valence-corrected chi connectivity index (χ1v) is 6.76. The molecule has 0 bridgehead atoms. The van der Waals surface area contributed by atoms with E-state index in [2.05, 4.69) is 0 Å². The van der Waals surface area contributed by atoms with E-state index in [1.807, 2.05) is 0 Å². The lowest BCUT2D eigenvalue weighted by Crippen LogP contribution is -2.24. The minimum absolute atomic E-state index is 0.275. The van der Waals surface area contributed by atoms with E-state index in [0.29, 0.717) is 25.7 Å². The van der Waals surface area contributed by atoms with Crippen LogP contribution in [-0.2, 0) is 13.6 Å². The highest BCUT2D eigenvalue weighted by atomic mass is 31.2. The Morgan fingerprint density at radius 2 is 1.80 bits per heavy atom. The van der Waals surface area contributed by atoms with Crippen molar-refractivity contribution in [2.75, 3.05) is 0 Å². The van der Waals surface area contributed by atoms with Gasteiger partial charge in [0.1, 0.15) is 0 Å². The van der Waals surface area contributed by atoms with Gasteiger partial charge in [0.2, 0.25) is 0 Å². The summed E-state index contributed by atoms with van der Waals surface area (Å²) in [6, 6.07) is 0. The smallest absolute Gasteiger partial charge is 0.393 e. The van der Waals surface area contributed by atoms with Crippen LogP contribution in [0.25, 0.3) is 0 Å². The number of aliphatic hydroxyl groups is 1. The summed E-state index contributed by atoms with van der Waals surface area (Å²) in [6.07, 6.45) is 1.53. The van der Waals surface area contributed by atoms with Crippen molar-refractivity contribution in [2.45, 2.75) is 57.8 Å². The number of rotatable bonds is 4. The standard InChI is InChI=1S/C9H19O5P/c1-7(2)13-15(11,12)14-9-5-3-8(10)4-6-9/h7-10H,3-6H2,1-2H3,(H,11,12). The second-order valence-electron chi connectivity index (χ2n) is 4.16. The second kappa shape index (κ2) is 5.41. The third kappa shape index (κ3) is 5.09. The van der Waals surface area contributed by atoms with Gasteiger partial charge >= 0.3 is 7.82 Å². The van der Waals surface area contributed by atoms with E-state index in [1.165, 1.54) is 0 Å². The fraction of sp³-hybridized carbons (Fsp3) is 1.00. The third-order valence-corrected chi connectivity index (χ3v) is 3.52. The highest BCUT2D eigenvalue weighted by Crippen LogP contribution is 2.47. The largest absolute Gasteiger partial charge is 0.472 e. The van der Waals surface area contributed by atoms with E-state index >= 15 is 0 Å². The van der Waals surface area contributed by atoms with Gasteiger partial charge in [0.05, 0.1) is 18.3 Å². The number of phosphoric acid groups is 1. The zero-order valence-corrected chi connectivity index (χ0v) is 10.0. The first kappa shape index (κ1) is 13.1. The monoisotopic (exact) mass is 238 g/mol. The Hall–Kier alpha value is 0.0700. The van der Waals surface area contributed by atoms with Crippen LogP contribution in [0.15, 0.2) is 0 Å². The molecule has 6 heteroatoms. The van der Waals surface area contributed by atoms with Gasteiger partial charge in [0.25, 0.3) is 0 Å². The lowest BCUT2D eigenvalue weighted by atomic mass is 9.95. The fourth-order valence-electron chi connectivity index (χ4n) is 1.63. The molecule has 0 amide bonds. The van der Waals surface area contributed by atoms with Crippen LogP contribution >= 0.6 is 7.82 Å². The summed E-state index contributed by atoms with van der Waals surface area (Å²) < 4.78 is 21.2. The molecule has 0 aromatic rings. The highest BCUT2D eigenvalue weighted by molar-refractivity contribution is 7.47.